The van der Waals surface area contributed by atoms with Gasteiger partial charge in [0.1, 0.15) is 11.5 Å². The van der Waals surface area contributed by atoms with Crippen molar-refractivity contribution in [1.29, 1.82) is 0 Å². The Labute approximate surface area is 393 Å². The SMILES string of the molecule is CS(=O)(=O)N1CCC(C(=O)NCC(=O)NC2NC(c3cccc(C4CCNC(C5(C(=O)NCCOCCOCCNc6cccc7c6C(=O)N(C6CCC(=O)NC6=O)C7=O)CC5)C4)c3)CS2)C1. The zero-order valence-electron chi connectivity index (χ0n) is 37.4. The predicted molar refractivity (Wildman–Crippen MR) is 246 cm³/mol. The molecular formula is C45H59N9O11S2. The first-order chi connectivity index (χ1) is 32.2. The molecule has 0 bridgehead atoms. The Balaban J connectivity index is 0.706. The molecule has 6 atom stereocenters. The average Bonchev–Trinajstić information content (AvgIpc) is 3.59. The van der Waals surface area contributed by atoms with Crippen LogP contribution in [0, 0.1) is 11.3 Å². The largest absolute Gasteiger partial charge is 0.382 e. The van der Waals surface area contributed by atoms with Gasteiger partial charge in [0.15, 0.2) is 0 Å². The third-order valence-corrected chi connectivity index (χ3v) is 15.9. The van der Waals surface area contributed by atoms with Gasteiger partial charge in [0, 0.05) is 56.1 Å². The van der Waals surface area contributed by atoms with Gasteiger partial charge in [-0.1, -0.05) is 30.3 Å². The first-order valence-corrected chi connectivity index (χ1v) is 25.9. The number of hydrogen-bond donors (Lipinski definition) is 7. The summed E-state index contributed by atoms with van der Waals surface area (Å²) in [6, 6.07) is 12.4. The van der Waals surface area contributed by atoms with Crippen LogP contribution in [0.25, 0.3) is 0 Å². The number of anilines is 1. The van der Waals surface area contributed by atoms with Gasteiger partial charge in [-0.15, -0.1) is 11.8 Å². The molecule has 0 radical (unpaired) electrons. The number of carbonyl (C=O) groups is 7. The van der Waals surface area contributed by atoms with E-state index in [2.05, 4.69) is 61.5 Å². The summed E-state index contributed by atoms with van der Waals surface area (Å²) in [5, 5.41) is 21.1. The monoisotopic (exact) mass is 965 g/mol. The van der Waals surface area contributed by atoms with E-state index in [0.717, 1.165) is 54.7 Å². The molecule has 1 saturated carbocycles. The lowest BCUT2D eigenvalue weighted by molar-refractivity contribution is -0.136. The van der Waals surface area contributed by atoms with Crippen molar-refractivity contribution < 1.29 is 51.5 Å². The van der Waals surface area contributed by atoms with Crippen LogP contribution in [0.15, 0.2) is 42.5 Å². The third-order valence-electron chi connectivity index (χ3n) is 13.5. The van der Waals surface area contributed by atoms with E-state index in [1.54, 1.807) is 30.0 Å². The highest BCUT2D eigenvalue weighted by molar-refractivity contribution is 8.00. The molecule has 5 heterocycles. The zero-order chi connectivity index (χ0) is 47.3. The first kappa shape index (κ1) is 48.5. The fourth-order valence-corrected chi connectivity index (χ4v) is 11.7. The van der Waals surface area contributed by atoms with Crippen LogP contribution in [0.5, 0.6) is 0 Å². The number of thioether (sulfide) groups is 1. The molecule has 5 fully saturated rings. The number of sulfonamides is 1. The number of fused-ring (bicyclic) bond motifs is 1. The second kappa shape index (κ2) is 21.1. The molecule has 362 valence electrons. The number of benzene rings is 2. The average molecular weight is 966 g/mol. The van der Waals surface area contributed by atoms with Gasteiger partial charge in [0.05, 0.1) is 61.7 Å². The third kappa shape index (κ3) is 11.3. The van der Waals surface area contributed by atoms with Crippen molar-refractivity contribution in [2.45, 2.75) is 74.5 Å². The number of nitrogens with zero attached hydrogens (tertiary/aromatic N) is 2. The molecule has 6 unspecified atom stereocenters. The zero-order valence-corrected chi connectivity index (χ0v) is 39.1. The molecule has 20 nitrogen and oxygen atoms in total. The number of piperidine rings is 2. The minimum absolute atomic E-state index is 0.0139. The van der Waals surface area contributed by atoms with Crippen LogP contribution >= 0.6 is 11.8 Å². The van der Waals surface area contributed by atoms with E-state index in [4.69, 9.17) is 9.47 Å². The van der Waals surface area contributed by atoms with E-state index in [-0.39, 0.29) is 78.3 Å². The number of nitrogens with one attached hydrogen (secondary N) is 7. The summed E-state index contributed by atoms with van der Waals surface area (Å²) in [6.45, 7) is 3.01. The summed E-state index contributed by atoms with van der Waals surface area (Å²) in [5.74, 6) is -2.30. The maximum atomic E-state index is 13.5. The number of hydrogen-bond acceptors (Lipinski definition) is 15. The lowest BCUT2D eigenvalue weighted by Gasteiger charge is -2.35. The number of ether oxygens (including phenoxy) is 2. The van der Waals surface area contributed by atoms with E-state index < -0.39 is 51.0 Å². The predicted octanol–water partition coefficient (Wildman–Crippen LogP) is 0.140. The van der Waals surface area contributed by atoms with Gasteiger partial charge in [0.2, 0.25) is 39.6 Å². The highest BCUT2D eigenvalue weighted by Gasteiger charge is 2.56. The second-order valence-electron chi connectivity index (χ2n) is 18.0. The Kier molecular flexibility index (Phi) is 15.3. The highest BCUT2D eigenvalue weighted by Crippen LogP contribution is 2.52. The molecular weight excluding hydrogens is 907 g/mol. The van der Waals surface area contributed by atoms with Crippen LogP contribution in [0.3, 0.4) is 0 Å². The maximum Gasteiger partial charge on any atom is 0.264 e. The van der Waals surface area contributed by atoms with Gasteiger partial charge in [-0.3, -0.25) is 49.1 Å². The molecule has 6 aliphatic rings. The quantitative estimate of drug-likeness (QED) is 0.0688. The lowest BCUT2D eigenvalue weighted by atomic mass is 9.79. The lowest BCUT2D eigenvalue weighted by Crippen LogP contribution is -2.54. The molecule has 2 aromatic rings. The number of imide groups is 2. The van der Waals surface area contributed by atoms with Crippen LogP contribution in [-0.4, -0.2) is 154 Å². The van der Waals surface area contributed by atoms with E-state index in [1.165, 1.54) is 9.87 Å². The van der Waals surface area contributed by atoms with Crippen LogP contribution in [-0.2, 0) is 43.5 Å². The standard InChI is InChI=1S/C45H59N9O11S2/c1-67(62,63)53-17-11-30(25-53)39(57)49-24-37(56)52-44-50-33(26-66-44)29-5-2-4-27(22-29)28-10-14-47-35(23-28)45(12-13-45)43(61)48-16-19-65-21-20-64-18-15-46-32-7-3-6-31-38(32)42(60)54(41(31)59)34-8-9-36(55)51-40(34)58/h2-7,22,28,30,33-35,44,46-47,50H,8-21,23-26H2,1H3,(H,48,61)(H,49,57)(H,52,56)(H,51,55,58). The Morgan fingerprint density at radius 3 is 2.42 bits per heavy atom. The normalized spacial score (nSPS) is 26.0. The van der Waals surface area contributed by atoms with E-state index in [0.29, 0.717) is 58.2 Å². The van der Waals surface area contributed by atoms with Crippen LogP contribution in [0.2, 0.25) is 0 Å². The van der Waals surface area contributed by atoms with Gasteiger partial charge in [0.25, 0.3) is 11.8 Å². The van der Waals surface area contributed by atoms with E-state index in [9.17, 15) is 42.0 Å². The molecule has 8 rings (SSSR count). The van der Waals surface area contributed by atoms with E-state index >= 15 is 0 Å². The Morgan fingerprint density at radius 1 is 0.910 bits per heavy atom. The summed E-state index contributed by atoms with van der Waals surface area (Å²) in [6.07, 6.45) is 5.11. The van der Waals surface area contributed by atoms with Gasteiger partial charge >= 0.3 is 0 Å². The Hall–Kier alpha value is -4.97. The van der Waals surface area contributed by atoms with E-state index in [1.807, 2.05) is 0 Å². The molecule has 7 N–H and O–H groups in total. The number of rotatable bonds is 20. The molecule has 0 spiro atoms. The van der Waals surface area contributed by atoms with Crippen molar-refractivity contribution in [2.75, 3.05) is 83.0 Å². The smallest absolute Gasteiger partial charge is 0.264 e. The molecule has 4 saturated heterocycles. The number of amides is 7. The first-order valence-electron chi connectivity index (χ1n) is 23.0. The molecule has 2 aromatic carbocycles. The molecule has 1 aliphatic carbocycles. The van der Waals surface area contributed by atoms with Crippen molar-refractivity contribution in [1.82, 2.24) is 41.1 Å². The van der Waals surface area contributed by atoms with Gasteiger partial charge in [-0.25, -0.2) is 12.7 Å². The topological polar surface area (TPSA) is 263 Å². The van der Waals surface area contributed by atoms with Crippen molar-refractivity contribution in [3.05, 3.63) is 64.7 Å². The maximum absolute atomic E-state index is 13.5. The summed E-state index contributed by atoms with van der Waals surface area (Å²) < 4.78 is 36.3. The van der Waals surface area contributed by atoms with Crippen LogP contribution < -0.4 is 37.2 Å². The van der Waals surface area contributed by atoms with Crippen molar-refractivity contribution in [3.8, 4) is 0 Å². The highest BCUT2D eigenvalue weighted by atomic mass is 32.2. The summed E-state index contributed by atoms with van der Waals surface area (Å²) in [7, 11) is -3.36. The second-order valence-corrected chi connectivity index (χ2v) is 21.1. The van der Waals surface area contributed by atoms with Crippen LogP contribution in [0.1, 0.15) is 88.7 Å². The summed E-state index contributed by atoms with van der Waals surface area (Å²) in [4.78, 5) is 90.2. The fraction of sp³-hybridized carbons (Fsp3) is 0.578. The van der Waals surface area contributed by atoms with Gasteiger partial charge in [-0.2, -0.15) is 0 Å². The molecule has 22 heteroatoms. The fourth-order valence-electron chi connectivity index (χ4n) is 9.69. The minimum atomic E-state index is -3.36. The molecule has 0 aromatic heterocycles. The number of carbonyl (C=O) groups excluding carboxylic acids is 7. The van der Waals surface area contributed by atoms with Gasteiger partial charge < -0.3 is 36.1 Å². The summed E-state index contributed by atoms with van der Waals surface area (Å²) in [5.41, 5.74) is 2.41. The molecule has 5 aliphatic heterocycles. The molecule has 7 amide bonds. The van der Waals surface area contributed by atoms with Crippen molar-refractivity contribution >= 4 is 68.8 Å². The Morgan fingerprint density at radius 2 is 1.67 bits per heavy atom. The van der Waals surface area contributed by atoms with Gasteiger partial charge in [-0.05, 0) is 74.2 Å². The van der Waals surface area contributed by atoms with Crippen molar-refractivity contribution in [3.63, 3.8) is 0 Å². The minimum Gasteiger partial charge on any atom is -0.382 e. The van der Waals surface area contributed by atoms with Crippen LogP contribution in [0.4, 0.5) is 5.69 Å². The summed E-state index contributed by atoms with van der Waals surface area (Å²) >= 11 is 1.58. The molecule has 67 heavy (non-hydrogen) atoms. The Bertz CT molecular complexity index is 2370. The van der Waals surface area contributed by atoms with Crippen molar-refractivity contribution in [2.24, 2.45) is 11.3 Å².